The molecule has 2 aromatic heterocycles. The topological polar surface area (TPSA) is 86.0 Å². The van der Waals surface area contributed by atoms with Crippen molar-refractivity contribution >= 4 is 5.91 Å². The van der Waals surface area contributed by atoms with E-state index in [-0.39, 0.29) is 5.91 Å². The molecular weight excluding hydrogens is 248 g/mol. The summed E-state index contributed by atoms with van der Waals surface area (Å²) in [6.45, 7) is 2.60. The summed E-state index contributed by atoms with van der Waals surface area (Å²) in [5.41, 5.74) is 1.18. The second-order valence-corrected chi connectivity index (χ2v) is 3.83. The zero-order valence-electron chi connectivity index (χ0n) is 10.7. The van der Waals surface area contributed by atoms with Crippen LogP contribution in [0.1, 0.15) is 16.1 Å². The third-order valence-electron chi connectivity index (χ3n) is 2.58. The monoisotopic (exact) mass is 262 g/mol. The SMILES string of the molecule is CON(CCn1cnnn1)C(=O)c1ncccc1C. The predicted molar refractivity (Wildman–Crippen MR) is 64.8 cm³/mol. The van der Waals surface area contributed by atoms with Crippen LogP contribution in [0.2, 0.25) is 0 Å². The lowest BCUT2D eigenvalue weighted by Gasteiger charge is -2.19. The minimum atomic E-state index is -0.284. The van der Waals surface area contributed by atoms with Gasteiger partial charge in [-0.05, 0) is 29.0 Å². The molecule has 0 radical (unpaired) electrons. The van der Waals surface area contributed by atoms with Gasteiger partial charge in [-0.25, -0.2) is 9.75 Å². The van der Waals surface area contributed by atoms with Gasteiger partial charge >= 0.3 is 0 Å². The highest BCUT2D eigenvalue weighted by Gasteiger charge is 2.18. The molecule has 8 nitrogen and oxygen atoms in total. The average molecular weight is 262 g/mol. The van der Waals surface area contributed by atoms with Crippen LogP contribution in [-0.2, 0) is 11.4 Å². The van der Waals surface area contributed by atoms with E-state index in [1.807, 2.05) is 13.0 Å². The van der Waals surface area contributed by atoms with Gasteiger partial charge in [-0.3, -0.25) is 14.6 Å². The van der Waals surface area contributed by atoms with Gasteiger partial charge < -0.3 is 0 Å². The first-order valence-electron chi connectivity index (χ1n) is 5.70. The molecule has 0 aromatic carbocycles. The Morgan fingerprint density at radius 2 is 2.37 bits per heavy atom. The summed E-state index contributed by atoms with van der Waals surface area (Å²) in [4.78, 5) is 21.4. The lowest BCUT2D eigenvalue weighted by Crippen LogP contribution is -2.34. The fraction of sp³-hybridized carbons (Fsp3) is 0.364. The zero-order chi connectivity index (χ0) is 13.7. The minimum absolute atomic E-state index is 0.284. The van der Waals surface area contributed by atoms with Gasteiger partial charge in [0.15, 0.2) is 0 Å². The molecule has 0 bridgehead atoms. The molecule has 8 heteroatoms. The molecule has 0 saturated carbocycles. The molecule has 2 heterocycles. The second kappa shape index (κ2) is 6.01. The largest absolute Gasteiger partial charge is 0.296 e. The van der Waals surface area contributed by atoms with Gasteiger partial charge in [-0.2, -0.15) is 0 Å². The fourth-order valence-electron chi connectivity index (χ4n) is 1.58. The maximum atomic E-state index is 12.2. The first kappa shape index (κ1) is 13.1. The van der Waals surface area contributed by atoms with E-state index in [2.05, 4.69) is 20.5 Å². The summed E-state index contributed by atoms with van der Waals surface area (Å²) in [5.74, 6) is -0.284. The molecule has 2 aromatic rings. The van der Waals surface area contributed by atoms with E-state index < -0.39 is 0 Å². The molecular formula is C11H14N6O2. The Kier molecular flexibility index (Phi) is 4.14. The van der Waals surface area contributed by atoms with Gasteiger partial charge in [-0.1, -0.05) is 6.07 Å². The van der Waals surface area contributed by atoms with Crippen LogP contribution in [0.15, 0.2) is 24.7 Å². The van der Waals surface area contributed by atoms with E-state index in [1.165, 1.54) is 23.2 Å². The van der Waals surface area contributed by atoms with E-state index in [4.69, 9.17) is 4.84 Å². The van der Waals surface area contributed by atoms with Crippen LogP contribution < -0.4 is 0 Å². The van der Waals surface area contributed by atoms with E-state index in [0.717, 1.165) is 5.56 Å². The molecule has 19 heavy (non-hydrogen) atoms. The molecule has 0 unspecified atom stereocenters. The van der Waals surface area contributed by atoms with E-state index in [9.17, 15) is 4.79 Å². The van der Waals surface area contributed by atoms with Crippen molar-refractivity contribution in [3.8, 4) is 0 Å². The lowest BCUT2D eigenvalue weighted by atomic mass is 10.2. The molecule has 0 spiro atoms. The van der Waals surface area contributed by atoms with Crippen LogP contribution in [0.25, 0.3) is 0 Å². The Morgan fingerprint density at radius 1 is 1.53 bits per heavy atom. The molecule has 0 atom stereocenters. The van der Waals surface area contributed by atoms with Crippen LogP contribution in [0.4, 0.5) is 0 Å². The number of pyridine rings is 1. The van der Waals surface area contributed by atoms with Gasteiger partial charge in [0, 0.05) is 6.20 Å². The Morgan fingerprint density at radius 3 is 3.00 bits per heavy atom. The molecule has 0 N–H and O–H groups in total. The van der Waals surface area contributed by atoms with Crippen molar-refractivity contribution in [3.05, 3.63) is 35.9 Å². The Labute approximate surface area is 110 Å². The van der Waals surface area contributed by atoms with Crippen LogP contribution >= 0.6 is 0 Å². The Bertz CT molecular complexity index is 542. The van der Waals surface area contributed by atoms with Crippen molar-refractivity contribution in [3.63, 3.8) is 0 Å². The molecule has 1 amide bonds. The van der Waals surface area contributed by atoms with Gasteiger partial charge in [-0.15, -0.1) is 5.10 Å². The average Bonchev–Trinajstić information content (AvgIpc) is 2.93. The number of nitrogens with zero attached hydrogens (tertiary/aromatic N) is 6. The maximum absolute atomic E-state index is 12.2. The van der Waals surface area contributed by atoms with E-state index >= 15 is 0 Å². The fourth-order valence-corrected chi connectivity index (χ4v) is 1.58. The van der Waals surface area contributed by atoms with Crippen molar-refractivity contribution in [2.75, 3.05) is 13.7 Å². The molecule has 2 rings (SSSR count). The molecule has 0 fully saturated rings. The van der Waals surface area contributed by atoms with Crippen molar-refractivity contribution in [1.82, 2.24) is 30.3 Å². The van der Waals surface area contributed by atoms with Crippen molar-refractivity contribution in [2.45, 2.75) is 13.5 Å². The zero-order valence-corrected chi connectivity index (χ0v) is 10.7. The number of hydroxylamine groups is 2. The highest BCUT2D eigenvalue weighted by Crippen LogP contribution is 2.07. The first-order valence-corrected chi connectivity index (χ1v) is 5.70. The Hall–Kier alpha value is -2.35. The van der Waals surface area contributed by atoms with E-state index in [1.54, 1.807) is 12.3 Å². The number of carbonyl (C=O) groups excluding carboxylic acids is 1. The number of aromatic nitrogens is 5. The summed E-state index contributed by atoms with van der Waals surface area (Å²) in [6.07, 6.45) is 3.06. The van der Waals surface area contributed by atoms with E-state index in [0.29, 0.717) is 18.8 Å². The van der Waals surface area contributed by atoms with Crippen molar-refractivity contribution < 1.29 is 9.63 Å². The summed E-state index contributed by atoms with van der Waals surface area (Å²) in [5, 5.41) is 12.0. The summed E-state index contributed by atoms with van der Waals surface area (Å²) < 4.78 is 1.52. The van der Waals surface area contributed by atoms with Gasteiger partial charge in [0.1, 0.15) is 12.0 Å². The number of tetrazole rings is 1. The third-order valence-corrected chi connectivity index (χ3v) is 2.58. The molecule has 0 aliphatic carbocycles. The molecule has 0 saturated heterocycles. The molecule has 0 aliphatic rings. The van der Waals surface area contributed by atoms with Crippen molar-refractivity contribution in [1.29, 1.82) is 0 Å². The second-order valence-electron chi connectivity index (χ2n) is 3.83. The maximum Gasteiger partial charge on any atom is 0.296 e. The third kappa shape index (κ3) is 3.10. The molecule has 0 aliphatic heterocycles. The highest BCUT2D eigenvalue weighted by molar-refractivity contribution is 5.92. The lowest BCUT2D eigenvalue weighted by molar-refractivity contribution is -0.0974. The summed E-state index contributed by atoms with van der Waals surface area (Å²) >= 11 is 0. The first-order chi connectivity index (χ1) is 9.22. The number of hydrogen-bond acceptors (Lipinski definition) is 6. The number of aryl methyl sites for hydroxylation is 1. The van der Waals surface area contributed by atoms with Crippen LogP contribution in [-0.4, -0.2) is 49.8 Å². The number of carbonyl (C=O) groups is 1. The highest BCUT2D eigenvalue weighted by atomic mass is 16.7. The number of rotatable bonds is 5. The number of hydrogen-bond donors (Lipinski definition) is 0. The number of amides is 1. The Balaban J connectivity index is 2.05. The summed E-state index contributed by atoms with van der Waals surface area (Å²) in [7, 11) is 1.44. The van der Waals surface area contributed by atoms with Gasteiger partial charge in [0.2, 0.25) is 0 Å². The van der Waals surface area contributed by atoms with Crippen molar-refractivity contribution in [2.24, 2.45) is 0 Å². The predicted octanol–water partition coefficient (Wildman–Crippen LogP) is 0.0803. The standard InChI is InChI=1S/C11H14N6O2/c1-9-4-3-5-12-10(9)11(18)17(19-2)7-6-16-8-13-14-15-16/h3-5,8H,6-7H2,1-2H3. The van der Waals surface area contributed by atoms with Gasteiger partial charge in [0.25, 0.3) is 5.91 Å². The molecule has 100 valence electrons. The van der Waals surface area contributed by atoms with Crippen LogP contribution in [0, 0.1) is 6.92 Å². The summed E-state index contributed by atoms with van der Waals surface area (Å²) in [6, 6.07) is 3.61. The van der Waals surface area contributed by atoms with Crippen LogP contribution in [0.3, 0.4) is 0 Å². The smallest absolute Gasteiger partial charge is 0.274 e. The quantitative estimate of drug-likeness (QED) is 0.709. The van der Waals surface area contributed by atoms with Crippen LogP contribution in [0.5, 0.6) is 0 Å². The minimum Gasteiger partial charge on any atom is -0.274 e. The van der Waals surface area contributed by atoms with Gasteiger partial charge in [0.05, 0.1) is 20.2 Å². The normalized spacial score (nSPS) is 10.4.